The number of carbonyl (C=O) groups is 1. The molecule has 0 saturated carbocycles. The van der Waals surface area contributed by atoms with Crippen LogP contribution in [0.25, 0.3) is 20.2 Å². The van der Waals surface area contributed by atoms with Gasteiger partial charge in [0.2, 0.25) is 0 Å². The number of fused-ring (bicyclic) bond motifs is 2. The Balaban J connectivity index is 0.000000192. The number of carbonyl (C=O) groups excluding carboxylic acids is 1. The fraction of sp³-hybridized carbons (Fsp3) is 0.370. The van der Waals surface area contributed by atoms with Gasteiger partial charge < -0.3 is 19.6 Å². The van der Waals surface area contributed by atoms with Gasteiger partial charge in [-0.2, -0.15) is 0 Å². The quantitative estimate of drug-likeness (QED) is 0.237. The van der Waals surface area contributed by atoms with E-state index in [0.29, 0.717) is 11.5 Å². The monoisotopic (exact) mass is 498 g/mol. The third-order valence-corrected chi connectivity index (χ3v) is 7.68. The summed E-state index contributed by atoms with van der Waals surface area (Å²) in [6, 6.07) is 11.4. The van der Waals surface area contributed by atoms with E-state index in [1.807, 2.05) is 30.3 Å². The first kappa shape index (κ1) is 26.2. The number of esters is 1. The van der Waals surface area contributed by atoms with Gasteiger partial charge in [-0.05, 0) is 110 Å². The Hall–Kier alpha value is -2.45. The number of phenols is 1. The Morgan fingerprint density at radius 2 is 1.50 bits per heavy atom. The van der Waals surface area contributed by atoms with Crippen molar-refractivity contribution in [3.63, 3.8) is 0 Å². The molecular formula is C27H34N2O3S2. The van der Waals surface area contributed by atoms with Crippen molar-refractivity contribution in [2.75, 3.05) is 40.8 Å². The highest BCUT2D eigenvalue weighted by molar-refractivity contribution is 7.17. The average molecular weight is 499 g/mol. The van der Waals surface area contributed by atoms with Crippen LogP contribution in [-0.2, 0) is 17.6 Å². The molecule has 0 amide bonds. The number of hydrogen-bond acceptors (Lipinski definition) is 7. The molecule has 1 N–H and O–H groups in total. The molecular weight excluding hydrogens is 464 g/mol. The van der Waals surface area contributed by atoms with Crippen LogP contribution in [-0.4, -0.2) is 61.7 Å². The highest BCUT2D eigenvalue weighted by atomic mass is 32.1. The maximum atomic E-state index is 11.0. The second-order valence-electron chi connectivity index (χ2n) is 8.65. The highest BCUT2D eigenvalue weighted by Gasteiger charge is 2.08. The molecule has 0 fully saturated rings. The minimum atomic E-state index is -0.278. The molecule has 0 unspecified atom stereocenters. The van der Waals surface area contributed by atoms with Gasteiger partial charge in [-0.25, -0.2) is 0 Å². The average Bonchev–Trinajstić information content (AvgIpc) is 3.39. The number of likely N-dealkylation sites (N-methyl/N-ethyl adjacent to an activating group) is 2. The molecule has 5 nitrogen and oxygen atoms in total. The number of nitrogens with zero attached hydrogens (tertiary/aromatic N) is 2. The largest absolute Gasteiger partial charge is 0.508 e. The zero-order valence-electron chi connectivity index (χ0n) is 20.6. The number of phenolic OH excluding ortho intramolecular Hbond substituents is 1. The molecule has 0 aliphatic rings. The molecule has 0 saturated heterocycles. The van der Waals surface area contributed by atoms with E-state index in [2.05, 4.69) is 48.6 Å². The van der Waals surface area contributed by atoms with Crippen molar-refractivity contribution >= 4 is 48.8 Å². The minimum absolute atomic E-state index is 0.278. The van der Waals surface area contributed by atoms with Gasteiger partial charge in [0.05, 0.1) is 0 Å². The molecule has 0 bridgehead atoms. The van der Waals surface area contributed by atoms with Crippen molar-refractivity contribution in [1.29, 1.82) is 0 Å². The number of ether oxygens (including phenoxy) is 1. The van der Waals surface area contributed by atoms with E-state index in [-0.39, 0.29) is 5.97 Å². The standard InChI is InChI=1S/C14H17NO2S.C13H17NOS/c1-10(16)17-12-4-5-14-13(8-12)11(9-18-14)6-7-15(2)3;1-3-14(2)7-6-10-9-16-13-5-4-11(15)8-12(10)13/h4-5,8-9H,6-7H2,1-3H3;4-5,8-9,15H,3,6-7H2,1-2H3. The summed E-state index contributed by atoms with van der Waals surface area (Å²) >= 11 is 3.49. The van der Waals surface area contributed by atoms with Crippen LogP contribution in [0.3, 0.4) is 0 Å². The fourth-order valence-corrected chi connectivity index (χ4v) is 5.52. The molecule has 2 aromatic carbocycles. The molecule has 4 rings (SSSR count). The van der Waals surface area contributed by atoms with E-state index in [4.69, 9.17) is 4.74 Å². The van der Waals surface area contributed by atoms with Crippen LogP contribution >= 0.6 is 22.7 Å². The predicted molar refractivity (Wildman–Crippen MR) is 146 cm³/mol. The number of hydrogen-bond donors (Lipinski definition) is 1. The third kappa shape index (κ3) is 7.27. The lowest BCUT2D eigenvalue weighted by Gasteiger charge is -2.12. The van der Waals surface area contributed by atoms with E-state index in [1.54, 1.807) is 28.7 Å². The van der Waals surface area contributed by atoms with Crippen LogP contribution < -0.4 is 4.74 Å². The summed E-state index contributed by atoms with van der Waals surface area (Å²) in [5.74, 6) is 0.704. The summed E-state index contributed by atoms with van der Waals surface area (Å²) in [5, 5.41) is 16.3. The number of benzene rings is 2. The molecule has 7 heteroatoms. The van der Waals surface area contributed by atoms with Gasteiger partial charge in [-0.15, -0.1) is 22.7 Å². The fourth-order valence-electron chi connectivity index (χ4n) is 3.56. The van der Waals surface area contributed by atoms with Crippen molar-refractivity contribution in [1.82, 2.24) is 9.80 Å². The van der Waals surface area contributed by atoms with Crippen molar-refractivity contribution < 1.29 is 14.6 Å². The lowest BCUT2D eigenvalue weighted by molar-refractivity contribution is -0.131. The summed E-state index contributed by atoms with van der Waals surface area (Å²) in [4.78, 5) is 15.4. The van der Waals surface area contributed by atoms with E-state index >= 15 is 0 Å². The van der Waals surface area contributed by atoms with Gasteiger partial charge in [0.1, 0.15) is 11.5 Å². The van der Waals surface area contributed by atoms with Crippen LogP contribution in [0.1, 0.15) is 25.0 Å². The molecule has 2 aromatic heterocycles. The van der Waals surface area contributed by atoms with Crippen molar-refractivity contribution in [3.05, 3.63) is 58.3 Å². The SMILES string of the molecule is CC(=O)Oc1ccc2scc(CCN(C)C)c2c1.CCN(C)CCc1csc2ccc(O)cc12. The second kappa shape index (κ2) is 12.3. The smallest absolute Gasteiger partial charge is 0.308 e. The van der Waals surface area contributed by atoms with Crippen LogP contribution in [0, 0.1) is 0 Å². The summed E-state index contributed by atoms with van der Waals surface area (Å²) in [5.41, 5.74) is 2.66. The van der Waals surface area contributed by atoms with Gasteiger partial charge >= 0.3 is 5.97 Å². The van der Waals surface area contributed by atoms with Crippen molar-refractivity contribution in [2.45, 2.75) is 26.7 Å². The van der Waals surface area contributed by atoms with E-state index in [0.717, 1.165) is 32.5 Å². The molecule has 4 aromatic rings. The van der Waals surface area contributed by atoms with Gasteiger partial charge in [0.25, 0.3) is 0 Å². The van der Waals surface area contributed by atoms with Crippen LogP contribution in [0.15, 0.2) is 47.2 Å². The molecule has 182 valence electrons. The maximum Gasteiger partial charge on any atom is 0.308 e. The second-order valence-corrected chi connectivity index (χ2v) is 10.5. The Morgan fingerprint density at radius 3 is 2.09 bits per heavy atom. The van der Waals surface area contributed by atoms with Gasteiger partial charge in [-0.3, -0.25) is 4.79 Å². The predicted octanol–water partition coefficient (Wildman–Crippen LogP) is 6.03. The Bertz CT molecular complexity index is 1230. The zero-order valence-corrected chi connectivity index (χ0v) is 22.3. The van der Waals surface area contributed by atoms with E-state index < -0.39 is 0 Å². The van der Waals surface area contributed by atoms with Gasteiger partial charge in [-0.1, -0.05) is 6.92 Å². The Kier molecular flexibility index (Phi) is 9.47. The number of thiophene rings is 2. The number of rotatable bonds is 8. The van der Waals surface area contributed by atoms with Gasteiger partial charge in [0, 0.05) is 29.4 Å². The summed E-state index contributed by atoms with van der Waals surface area (Å²) in [6.07, 6.45) is 2.06. The molecule has 0 radical (unpaired) electrons. The lowest BCUT2D eigenvalue weighted by Crippen LogP contribution is -2.20. The normalized spacial score (nSPS) is 11.3. The van der Waals surface area contributed by atoms with E-state index in [9.17, 15) is 9.90 Å². The van der Waals surface area contributed by atoms with Crippen molar-refractivity contribution in [2.24, 2.45) is 0 Å². The minimum Gasteiger partial charge on any atom is -0.508 e. The van der Waals surface area contributed by atoms with Crippen molar-refractivity contribution in [3.8, 4) is 11.5 Å². The lowest BCUT2D eigenvalue weighted by atomic mass is 10.1. The Labute approximate surface area is 210 Å². The first-order valence-electron chi connectivity index (χ1n) is 11.5. The molecule has 34 heavy (non-hydrogen) atoms. The van der Waals surface area contributed by atoms with Gasteiger partial charge in [0.15, 0.2) is 0 Å². The third-order valence-electron chi connectivity index (χ3n) is 5.66. The topological polar surface area (TPSA) is 53.0 Å². The molecule has 0 aliphatic carbocycles. The first-order chi connectivity index (χ1) is 16.3. The molecule has 0 atom stereocenters. The summed E-state index contributed by atoms with van der Waals surface area (Å²) < 4.78 is 7.62. The maximum absolute atomic E-state index is 11.0. The molecule has 0 aliphatic heterocycles. The van der Waals surface area contributed by atoms with Crippen LogP contribution in [0.5, 0.6) is 11.5 Å². The van der Waals surface area contributed by atoms with E-state index in [1.165, 1.54) is 38.2 Å². The summed E-state index contributed by atoms with van der Waals surface area (Å²) in [7, 11) is 6.27. The highest BCUT2D eigenvalue weighted by Crippen LogP contribution is 2.30. The molecule has 0 spiro atoms. The van der Waals surface area contributed by atoms with Crippen LogP contribution in [0.4, 0.5) is 0 Å². The molecule has 2 heterocycles. The Morgan fingerprint density at radius 1 is 0.912 bits per heavy atom. The van der Waals surface area contributed by atoms with Crippen LogP contribution in [0.2, 0.25) is 0 Å². The summed E-state index contributed by atoms with van der Waals surface area (Å²) in [6.45, 7) is 6.75. The first-order valence-corrected chi connectivity index (χ1v) is 13.2. The number of aromatic hydroxyl groups is 1. The zero-order chi connectivity index (χ0) is 24.7.